The van der Waals surface area contributed by atoms with Gasteiger partial charge in [-0.25, -0.2) is 0 Å². The summed E-state index contributed by atoms with van der Waals surface area (Å²) in [5.41, 5.74) is 5.38. The van der Waals surface area contributed by atoms with Crippen molar-refractivity contribution in [3.8, 4) is 0 Å². The highest BCUT2D eigenvalue weighted by Gasteiger charge is 2.10. The van der Waals surface area contributed by atoms with E-state index in [0.717, 1.165) is 3.79 Å². The van der Waals surface area contributed by atoms with Crippen molar-refractivity contribution in [2.75, 3.05) is 6.54 Å². The lowest BCUT2D eigenvalue weighted by atomic mass is 10.3. The van der Waals surface area contributed by atoms with E-state index in [-0.39, 0.29) is 24.4 Å². The lowest BCUT2D eigenvalue weighted by Gasteiger charge is -2.09. The molecule has 1 aromatic heterocycles. The first-order valence-electron chi connectivity index (χ1n) is 3.89. The van der Waals surface area contributed by atoms with Gasteiger partial charge in [-0.3, -0.25) is 4.79 Å². The van der Waals surface area contributed by atoms with Gasteiger partial charge in [0.2, 0.25) is 0 Å². The Bertz CT molecular complexity index is 305. The number of nitrogens with one attached hydrogen (secondary N) is 1. The molecule has 3 nitrogen and oxygen atoms in total. The number of nitrogens with two attached hydrogens (primary N) is 1. The summed E-state index contributed by atoms with van der Waals surface area (Å²) in [6, 6.07) is 3.66. The fourth-order valence-electron chi connectivity index (χ4n) is 0.790. The average molecular weight is 300 g/mol. The van der Waals surface area contributed by atoms with Gasteiger partial charge in [0, 0.05) is 12.6 Å². The van der Waals surface area contributed by atoms with E-state index in [1.807, 2.05) is 13.0 Å². The Morgan fingerprint density at radius 3 is 2.79 bits per heavy atom. The van der Waals surface area contributed by atoms with Crippen LogP contribution < -0.4 is 11.1 Å². The number of amides is 1. The second-order valence-corrected chi connectivity index (χ2v) is 5.18. The van der Waals surface area contributed by atoms with Crippen molar-refractivity contribution >= 4 is 45.6 Å². The predicted octanol–water partition coefficient (Wildman–Crippen LogP) is 2.01. The van der Waals surface area contributed by atoms with E-state index in [4.69, 9.17) is 5.73 Å². The van der Waals surface area contributed by atoms with Gasteiger partial charge in [0.05, 0.1) is 8.66 Å². The van der Waals surface area contributed by atoms with Crippen LogP contribution in [0.25, 0.3) is 0 Å². The third kappa shape index (κ3) is 3.96. The molecule has 6 heteroatoms. The molecule has 0 aliphatic heterocycles. The normalized spacial score (nSPS) is 11.6. The van der Waals surface area contributed by atoms with Gasteiger partial charge in [-0.15, -0.1) is 23.7 Å². The molecule has 1 rings (SSSR count). The van der Waals surface area contributed by atoms with E-state index in [1.54, 1.807) is 6.07 Å². The number of halogens is 2. The first kappa shape index (κ1) is 13.9. The van der Waals surface area contributed by atoms with Crippen LogP contribution in [-0.4, -0.2) is 18.5 Å². The molecular weight excluding hydrogens is 288 g/mol. The molecule has 1 amide bonds. The van der Waals surface area contributed by atoms with Gasteiger partial charge >= 0.3 is 0 Å². The van der Waals surface area contributed by atoms with Gasteiger partial charge in [0.15, 0.2) is 0 Å². The first-order chi connectivity index (χ1) is 6.13. The Balaban J connectivity index is 0.00000169. The van der Waals surface area contributed by atoms with Gasteiger partial charge < -0.3 is 11.1 Å². The molecule has 3 N–H and O–H groups in total. The Morgan fingerprint density at radius 2 is 2.36 bits per heavy atom. The lowest BCUT2D eigenvalue weighted by molar-refractivity contribution is 0.0945. The standard InChI is InChI=1S/C8H11BrN2OS.ClH/c1-5(4-10)11-8(12)6-2-3-7(9)13-6;/h2-3,5H,4,10H2,1H3,(H,11,12);1H/t5-;/m0./s1. The van der Waals surface area contributed by atoms with Crippen LogP contribution in [0.4, 0.5) is 0 Å². The lowest BCUT2D eigenvalue weighted by Crippen LogP contribution is -2.37. The van der Waals surface area contributed by atoms with Crippen molar-refractivity contribution in [2.45, 2.75) is 13.0 Å². The summed E-state index contributed by atoms with van der Waals surface area (Å²) in [6.45, 7) is 2.33. The molecule has 80 valence electrons. The van der Waals surface area contributed by atoms with Crippen molar-refractivity contribution in [3.05, 3.63) is 20.8 Å². The molecule has 1 atom stereocenters. The minimum atomic E-state index is -0.0614. The number of carbonyl (C=O) groups excluding carboxylic acids is 1. The van der Waals surface area contributed by atoms with Crippen LogP contribution in [0.2, 0.25) is 0 Å². The molecule has 0 aliphatic rings. The maximum atomic E-state index is 11.5. The highest BCUT2D eigenvalue weighted by molar-refractivity contribution is 9.11. The third-order valence-corrected chi connectivity index (χ3v) is 3.15. The highest BCUT2D eigenvalue weighted by atomic mass is 79.9. The molecule has 0 saturated heterocycles. The van der Waals surface area contributed by atoms with Gasteiger partial charge in [-0.05, 0) is 35.0 Å². The molecule has 0 radical (unpaired) electrons. The summed E-state index contributed by atoms with van der Waals surface area (Å²) in [4.78, 5) is 12.2. The number of rotatable bonds is 3. The van der Waals surface area contributed by atoms with Crippen LogP contribution in [0.1, 0.15) is 16.6 Å². The zero-order valence-corrected chi connectivity index (χ0v) is 10.8. The smallest absolute Gasteiger partial charge is 0.261 e. The average Bonchev–Trinajstić information content (AvgIpc) is 2.51. The van der Waals surface area contributed by atoms with Crippen LogP contribution in [0, 0.1) is 0 Å². The minimum Gasteiger partial charge on any atom is -0.348 e. The molecule has 0 spiro atoms. The molecule has 0 saturated carbocycles. The molecule has 0 aliphatic carbocycles. The second-order valence-electron chi connectivity index (χ2n) is 2.71. The zero-order chi connectivity index (χ0) is 9.84. The summed E-state index contributed by atoms with van der Waals surface area (Å²) >= 11 is 4.71. The highest BCUT2D eigenvalue weighted by Crippen LogP contribution is 2.21. The second kappa shape index (κ2) is 6.40. The summed E-state index contributed by atoms with van der Waals surface area (Å²) in [5, 5.41) is 2.78. The monoisotopic (exact) mass is 298 g/mol. The SMILES string of the molecule is C[C@@H](CN)NC(=O)c1ccc(Br)s1.Cl. The molecule has 1 aromatic rings. The molecule has 0 fully saturated rings. The fourth-order valence-corrected chi connectivity index (χ4v) is 2.08. The molecule has 0 bridgehead atoms. The van der Waals surface area contributed by atoms with Crippen LogP contribution in [0.15, 0.2) is 15.9 Å². The van der Waals surface area contributed by atoms with E-state index < -0.39 is 0 Å². The van der Waals surface area contributed by atoms with Crippen LogP contribution >= 0.6 is 39.7 Å². The third-order valence-electron chi connectivity index (χ3n) is 1.53. The van der Waals surface area contributed by atoms with E-state index in [9.17, 15) is 4.79 Å². The van der Waals surface area contributed by atoms with Crippen molar-refractivity contribution in [1.29, 1.82) is 0 Å². The van der Waals surface area contributed by atoms with E-state index in [1.165, 1.54) is 11.3 Å². The van der Waals surface area contributed by atoms with Crippen LogP contribution in [-0.2, 0) is 0 Å². The number of thiophene rings is 1. The van der Waals surface area contributed by atoms with Crippen molar-refractivity contribution in [1.82, 2.24) is 5.32 Å². The first-order valence-corrected chi connectivity index (χ1v) is 5.50. The maximum Gasteiger partial charge on any atom is 0.261 e. The van der Waals surface area contributed by atoms with Crippen LogP contribution in [0.3, 0.4) is 0 Å². The van der Waals surface area contributed by atoms with Gasteiger partial charge in [-0.1, -0.05) is 0 Å². The summed E-state index contributed by atoms with van der Waals surface area (Å²) < 4.78 is 0.957. The molecule has 0 unspecified atom stereocenters. The van der Waals surface area contributed by atoms with E-state index >= 15 is 0 Å². The predicted molar refractivity (Wildman–Crippen MR) is 65.2 cm³/mol. The Kier molecular flexibility index (Phi) is 6.35. The summed E-state index contributed by atoms with van der Waals surface area (Å²) in [7, 11) is 0. The van der Waals surface area contributed by atoms with Crippen molar-refractivity contribution in [3.63, 3.8) is 0 Å². The molecular formula is C8H12BrClN2OS. The Hall–Kier alpha value is -0.100. The molecule has 1 heterocycles. The fraction of sp³-hybridized carbons (Fsp3) is 0.375. The van der Waals surface area contributed by atoms with E-state index in [2.05, 4.69) is 21.2 Å². The summed E-state index contributed by atoms with van der Waals surface area (Å²) in [5.74, 6) is -0.0614. The quantitative estimate of drug-likeness (QED) is 0.897. The number of carbonyl (C=O) groups is 1. The summed E-state index contributed by atoms with van der Waals surface area (Å²) in [6.07, 6.45) is 0. The van der Waals surface area contributed by atoms with Gasteiger partial charge in [0.1, 0.15) is 0 Å². The number of hydrogen-bond donors (Lipinski definition) is 2. The Labute approximate surface area is 102 Å². The number of hydrogen-bond acceptors (Lipinski definition) is 3. The topological polar surface area (TPSA) is 55.1 Å². The van der Waals surface area contributed by atoms with Crippen molar-refractivity contribution in [2.24, 2.45) is 5.73 Å². The van der Waals surface area contributed by atoms with E-state index in [0.29, 0.717) is 11.4 Å². The van der Waals surface area contributed by atoms with Gasteiger partial charge in [0.25, 0.3) is 5.91 Å². The maximum absolute atomic E-state index is 11.5. The van der Waals surface area contributed by atoms with Crippen molar-refractivity contribution < 1.29 is 4.79 Å². The van der Waals surface area contributed by atoms with Crippen LogP contribution in [0.5, 0.6) is 0 Å². The van der Waals surface area contributed by atoms with Gasteiger partial charge in [-0.2, -0.15) is 0 Å². The largest absolute Gasteiger partial charge is 0.348 e. The minimum absolute atomic E-state index is 0. The molecule has 14 heavy (non-hydrogen) atoms. The Morgan fingerprint density at radius 1 is 1.71 bits per heavy atom. The zero-order valence-electron chi connectivity index (χ0n) is 7.62. The molecule has 0 aromatic carbocycles.